The van der Waals surface area contributed by atoms with Gasteiger partial charge in [-0.05, 0) is 0 Å². The Hall–Kier alpha value is -1.14. The van der Waals surface area contributed by atoms with Crippen LogP contribution < -0.4 is 0 Å². The molecule has 1 saturated heterocycles. The summed E-state index contributed by atoms with van der Waals surface area (Å²) in [5.74, 6) is -5.91. The first-order chi connectivity index (χ1) is 7.11. The molecule has 0 bridgehead atoms. The van der Waals surface area contributed by atoms with Crippen LogP contribution in [0.15, 0.2) is 6.07 Å². The summed E-state index contributed by atoms with van der Waals surface area (Å²) >= 11 is 0. The van der Waals surface area contributed by atoms with Crippen molar-refractivity contribution in [3.8, 4) is 0 Å². The van der Waals surface area contributed by atoms with Crippen LogP contribution in [-0.2, 0) is 9.47 Å². The molecule has 0 N–H and O–H groups in total. The van der Waals surface area contributed by atoms with Gasteiger partial charge in [0.2, 0.25) is 0 Å². The van der Waals surface area contributed by atoms with Crippen LogP contribution in [0.3, 0.4) is 0 Å². The predicted octanol–water partition coefficient (Wildman–Crippen LogP) is 2.29. The largest absolute Gasteiger partial charge is 0.346 e. The quantitative estimate of drug-likeness (QED) is 0.536. The summed E-state index contributed by atoms with van der Waals surface area (Å²) < 4.78 is 61.4. The van der Waals surface area contributed by atoms with E-state index in [0.717, 1.165) is 0 Å². The van der Waals surface area contributed by atoms with Crippen molar-refractivity contribution in [1.29, 1.82) is 0 Å². The van der Waals surface area contributed by atoms with E-state index in [1.165, 1.54) is 0 Å². The smallest absolute Gasteiger partial charge is 0.189 e. The first-order valence-electron chi connectivity index (χ1n) is 4.17. The van der Waals surface area contributed by atoms with E-state index >= 15 is 0 Å². The molecule has 0 amide bonds. The Balaban J connectivity index is 2.52. The number of rotatable bonds is 1. The van der Waals surface area contributed by atoms with Crippen molar-refractivity contribution in [3.63, 3.8) is 0 Å². The first-order valence-corrected chi connectivity index (χ1v) is 4.17. The predicted molar refractivity (Wildman–Crippen MR) is 40.9 cm³/mol. The molecule has 0 spiro atoms. The average molecular weight is 222 g/mol. The summed E-state index contributed by atoms with van der Waals surface area (Å²) in [6, 6.07) is 0.142. The van der Waals surface area contributed by atoms with Gasteiger partial charge in [0.1, 0.15) is 0 Å². The summed E-state index contributed by atoms with van der Waals surface area (Å²) in [6.45, 7) is 0.253. The van der Waals surface area contributed by atoms with E-state index in [2.05, 4.69) is 0 Å². The third-order valence-corrected chi connectivity index (χ3v) is 2.00. The second-order valence-electron chi connectivity index (χ2n) is 2.96. The lowest BCUT2D eigenvalue weighted by atomic mass is 10.1. The highest BCUT2D eigenvalue weighted by Gasteiger charge is 2.29. The van der Waals surface area contributed by atoms with Crippen molar-refractivity contribution in [3.05, 3.63) is 34.9 Å². The van der Waals surface area contributed by atoms with E-state index in [9.17, 15) is 17.6 Å². The molecule has 1 heterocycles. The van der Waals surface area contributed by atoms with Crippen molar-refractivity contribution in [2.75, 3.05) is 13.2 Å². The van der Waals surface area contributed by atoms with Crippen LogP contribution in [0.5, 0.6) is 0 Å². The average Bonchev–Trinajstić information content (AvgIpc) is 2.69. The van der Waals surface area contributed by atoms with Crippen LogP contribution in [-0.4, -0.2) is 13.2 Å². The Bertz CT molecular complexity index is 362. The van der Waals surface area contributed by atoms with E-state index in [4.69, 9.17) is 9.47 Å². The van der Waals surface area contributed by atoms with Crippen LogP contribution in [0.1, 0.15) is 11.9 Å². The molecule has 0 unspecified atom stereocenters. The zero-order valence-corrected chi connectivity index (χ0v) is 7.40. The monoisotopic (exact) mass is 222 g/mol. The Labute approximate surface area is 82.4 Å². The maximum absolute atomic E-state index is 13.2. The Morgan fingerprint density at radius 3 is 1.87 bits per heavy atom. The third-order valence-electron chi connectivity index (χ3n) is 2.00. The molecule has 1 aliphatic heterocycles. The molecule has 6 heteroatoms. The van der Waals surface area contributed by atoms with Crippen LogP contribution in [0.25, 0.3) is 0 Å². The van der Waals surface area contributed by atoms with Crippen molar-refractivity contribution < 1.29 is 27.0 Å². The van der Waals surface area contributed by atoms with Crippen LogP contribution >= 0.6 is 0 Å². The summed E-state index contributed by atoms with van der Waals surface area (Å²) in [7, 11) is 0. The molecule has 15 heavy (non-hydrogen) atoms. The van der Waals surface area contributed by atoms with Crippen molar-refractivity contribution in [2.45, 2.75) is 6.29 Å². The minimum atomic E-state index is -1.49. The van der Waals surface area contributed by atoms with Gasteiger partial charge in [-0.25, -0.2) is 17.6 Å². The molecular formula is C9H6F4O2. The van der Waals surface area contributed by atoms with E-state index < -0.39 is 35.1 Å². The minimum Gasteiger partial charge on any atom is -0.346 e. The number of hydrogen-bond donors (Lipinski definition) is 0. The molecule has 0 aromatic heterocycles. The van der Waals surface area contributed by atoms with E-state index in [0.29, 0.717) is 0 Å². The molecule has 2 rings (SSSR count). The lowest BCUT2D eigenvalue weighted by Crippen LogP contribution is -2.09. The minimum absolute atomic E-state index is 0.127. The summed E-state index contributed by atoms with van der Waals surface area (Å²) in [6.07, 6.45) is -1.38. The van der Waals surface area contributed by atoms with Gasteiger partial charge < -0.3 is 9.47 Å². The molecule has 0 atom stereocenters. The van der Waals surface area contributed by atoms with Gasteiger partial charge in [-0.15, -0.1) is 0 Å². The summed E-state index contributed by atoms with van der Waals surface area (Å²) in [4.78, 5) is 0. The van der Waals surface area contributed by atoms with Gasteiger partial charge in [-0.2, -0.15) is 0 Å². The molecular weight excluding hydrogens is 216 g/mol. The van der Waals surface area contributed by atoms with Gasteiger partial charge in [0, 0.05) is 6.07 Å². The SMILES string of the molecule is Fc1cc(F)c(F)c(C2OCCO2)c1F. The van der Waals surface area contributed by atoms with Gasteiger partial charge in [0.25, 0.3) is 0 Å². The molecule has 2 nitrogen and oxygen atoms in total. The molecule has 82 valence electrons. The van der Waals surface area contributed by atoms with Gasteiger partial charge in [-0.3, -0.25) is 0 Å². The van der Waals surface area contributed by atoms with Crippen molar-refractivity contribution in [2.24, 2.45) is 0 Å². The maximum atomic E-state index is 13.2. The normalized spacial score (nSPS) is 17.3. The zero-order chi connectivity index (χ0) is 11.0. The van der Waals surface area contributed by atoms with Crippen LogP contribution in [0.4, 0.5) is 17.6 Å². The fraction of sp³-hybridized carbons (Fsp3) is 0.333. The summed E-state index contributed by atoms with van der Waals surface area (Å²) in [5, 5.41) is 0. The van der Waals surface area contributed by atoms with E-state index in [1.807, 2.05) is 0 Å². The van der Waals surface area contributed by atoms with Gasteiger partial charge in [-0.1, -0.05) is 0 Å². The van der Waals surface area contributed by atoms with Crippen LogP contribution in [0, 0.1) is 23.3 Å². The highest BCUT2D eigenvalue weighted by Crippen LogP contribution is 2.30. The number of halogens is 4. The molecule has 0 saturated carbocycles. The lowest BCUT2D eigenvalue weighted by molar-refractivity contribution is -0.0498. The molecule has 1 aromatic carbocycles. The van der Waals surface area contributed by atoms with Crippen molar-refractivity contribution >= 4 is 0 Å². The highest BCUT2D eigenvalue weighted by atomic mass is 19.2. The van der Waals surface area contributed by atoms with Gasteiger partial charge in [0.05, 0.1) is 18.8 Å². The third kappa shape index (κ3) is 1.70. The molecule has 1 fully saturated rings. The van der Waals surface area contributed by atoms with Crippen molar-refractivity contribution in [1.82, 2.24) is 0 Å². The van der Waals surface area contributed by atoms with Gasteiger partial charge >= 0.3 is 0 Å². The zero-order valence-electron chi connectivity index (χ0n) is 7.40. The molecule has 0 radical (unpaired) electrons. The molecule has 0 aliphatic carbocycles. The Morgan fingerprint density at radius 1 is 0.933 bits per heavy atom. The standard InChI is InChI=1S/C9H6F4O2/c10-4-3-5(11)8(13)6(7(4)12)9-14-1-2-15-9/h3,9H,1-2H2. The fourth-order valence-corrected chi connectivity index (χ4v) is 1.32. The van der Waals surface area contributed by atoms with E-state index in [-0.39, 0.29) is 19.3 Å². The second-order valence-corrected chi connectivity index (χ2v) is 2.96. The van der Waals surface area contributed by atoms with Gasteiger partial charge in [0.15, 0.2) is 29.6 Å². The molecule has 1 aromatic rings. The Morgan fingerprint density at radius 2 is 1.40 bits per heavy atom. The number of benzene rings is 1. The lowest BCUT2D eigenvalue weighted by Gasteiger charge is -2.12. The van der Waals surface area contributed by atoms with E-state index in [1.54, 1.807) is 0 Å². The maximum Gasteiger partial charge on any atom is 0.189 e. The first kappa shape index (κ1) is 10.4. The van der Waals surface area contributed by atoms with Crippen LogP contribution in [0.2, 0.25) is 0 Å². The molecule has 1 aliphatic rings. The number of hydrogen-bond acceptors (Lipinski definition) is 2. The summed E-state index contributed by atoms with van der Waals surface area (Å²) in [5.41, 5.74) is -0.856. The topological polar surface area (TPSA) is 18.5 Å². The fourth-order valence-electron chi connectivity index (χ4n) is 1.32. The second kappa shape index (κ2) is 3.79. The number of ether oxygens (including phenoxy) is 2. The Kier molecular flexibility index (Phi) is 2.62. The highest BCUT2D eigenvalue weighted by molar-refractivity contribution is 5.24.